The van der Waals surface area contributed by atoms with Gasteiger partial charge in [-0.3, -0.25) is 0 Å². The number of rotatable bonds is 8. The average Bonchev–Trinajstić information content (AvgIpc) is 3.10. The number of anilines is 2. The van der Waals surface area contributed by atoms with Crippen molar-refractivity contribution in [2.24, 2.45) is 0 Å². The lowest BCUT2D eigenvalue weighted by molar-refractivity contribution is -0.137. The van der Waals surface area contributed by atoms with Crippen molar-refractivity contribution >= 4 is 34.1 Å². The molecule has 1 aliphatic heterocycles. The largest absolute Gasteiger partial charge is 0.497 e. The Hall–Kier alpha value is -3.13. The predicted molar refractivity (Wildman–Crippen MR) is 146 cm³/mol. The molecule has 0 spiro atoms. The van der Waals surface area contributed by atoms with Crippen LogP contribution in [-0.2, 0) is 32.1 Å². The van der Waals surface area contributed by atoms with Crippen LogP contribution >= 0.6 is 0 Å². The molecular formula is C27H31BF3N3O5S. The highest BCUT2D eigenvalue weighted by Crippen LogP contribution is 2.37. The van der Waals surface area contributed by atoms with E-state index in [-0.39, 0.29) is 17.3 Å². The fourth-order valence-corrected chi connectivity index (χ4v) is 5.20. The van der Waals surface area contributed by atoms with E-state index in [9.17, 15) is 21.6 Å². The van der Waals surface area contributed by atoms with E-state index in [1.54, 1.807) is 31.4 Å². The van der Waals surface area contributed by atoms with Crippen molar-refractivity contribution in [3.05, 3.63) is 71.9 Å². The Morgan fingerprint density at radius 3 is 2.15 bits per heavy atom. The number of nitrogens with one attached hydrogen (secondary N) is 1. The molecule has 40 heavy (non-hydrogen) atoms. The minimum atomic E-state index is -4.52. The summed E-state index contributed by atoms with van der Waals surface area (Å²) in [7, 11) is -1.88. The fourth-order valence-electron chi connectivity index (χ4n) is 4.01. The molecule has 8 nitrogen and oxygen atoms in total. The molecule has 0 amide bonds. The van der Waals surface area contributed by atoms with Crippen LogP contribution in [0.15, 0.2) is 65.7 Å². The number of methoxy groups -OCH3 is 1. The third-order valence-electron chi connectivity index (χ3n) is 7.16. The van der Waals surface area contributed by atoms with Crippen molar-refractivity contribution in [3.63, 3.8) is 0 Å². The van der Waals surface area contributed by atoms with Gasteiger partial charge in [0.05, 0.1) is 28.8 Å². The molecule has 0 saturated carbocycles. The second-order valence-corrected chi connectivity index (χ2v) is 12.5. The first-order valence-corrected chi connectivity index (χ1v) is 13.9. The second kappa shape index (κ2) is 10.7. The van der Waals surface area contributed by atoms with Crippen LogP contribution in [0.25, 0.3) is 0 Å². The first-order chi connectivity index (χ1) is 18.5. The van der Waals surface area contributed by atoms with E-state index in [4.69, 9.17) is 14.0 Å². The summed E-state index contributed by atoms with van der Waals surface area (Å²) in [5, 5.41) is 2.98. The summed E-state index contributed by atoms with van der Waals surface area (Å²) in [5.74, 6) is 0.796. The second-order valence-electron chi connectivity index (χ2n) is 10.5. The van der Waals surface area contributed by atoms with E-state index in [0.717, 1.165) is 17.8 Å². The topological polar surface area (TPSA) is 90.0 Å². The lowest BCUT2D eigenvalue weighted by Crippen LogP contribution is -2.41. The molecule has 2 heterocycles. The summed E-state index contributed by atoms with van der Waals surface area (Å²) in [6, 6.07) is 13.6. The summed E-state index contributed by atoms with van der Waals surface area (Å²) in [5.41, 5.74) is -0.819. The molecule has 214 valence electrons. The normalized spacial score (nSPS) is 16.8. The van der Waals surface area contributed by atoms with Gasteiger partial charge in [0.15, 0.2) is 0 Å². The number of sulfonamides is 1. The number of hydrogen-bond acceptors (Lipinski definition) is 7. The zero-order valence-corrected chi connectivity index (χ0v) is 23.9. The van der Waals surface area contributed by atoms with Gasteiger partial charge in [0.1, 0.15) is 11.6 Å². The van der Waals surface area contributed by atoms with Gasteiger partial charge in [-0.2, -0.15) is 17.5 Å². The number of ether oxygens (including phenoxy) is 1. The molecule has 1 N–H and O–H groups in total. The van der Waals surface area contributed by atoms with E-state index in [2.05, 4.69) is 10.3 Å². The number of halogens is 3. The molecular weight excluding hydrogens is 546 g/mol. The van der Waals surface area contributed by atoms with Crippen LogP contribution < -0.4 is 15.5 Å². The Morgan fingerprint density at radius 1 is 1.00 bits per heavy atom. The summed E-state index contributed by atoms with van der Waals surface area (Å²) in [6.07, 6.45) is -3.79. The quantitative estimate of drug-likeness (QED) is 0.378. The highest BCUT2D eigenvalue weighted by Gasteiger charge is 2.52. The van der Waals surface area contributed by atoms with Crippen molar-refractivity contribution in [2.75, 3.05) is 19.5 Å². The van der Waals surface area contributed by atoms with Gasteiger partial charge in [0.2, 0.25) is 10.0 Å². The SMILES string of the molecule is COc1ccc(CN(C)S(=O)(=O)c2ccc(Nc3ccc(C(F)(F)F)cn3)c(B3OC(C)(C)C(C)(C)O3)c2)cc1. The van der Waals surface area contributed by atoms with E-state index >= 15 is 0 Å². The number of hydrogen-bond donors (Lipinski definition) is 1. The Labute approximate surface area is 232 Å². The van der Waals surface area contributed by atoms with Gasteiger partial charge < -0.3 is 19.4 Å². The van der Waals surface area contributed by atoms with Crippen LogP contribution in [0.3, 0.4) is 0 Å². The highest BCUT2D eigenvalue weighted by atomic mass is 32.2. The van der Waals surface area contributed by atoms with Crippen molar-refractivity contribution in [1.82, 2.24) is 9.29 Å². The smallest absolute Gasteiger partial charge is 0.497 e. The molecule has 2 aromatic carbocycles. The maximum Gasteiger partial charge on any atom is 0.497 e. The molecule has 3 aromatic rings. The zero-order valence-electron chi connectivity index (χ0n) is 23.0. The first kappa shape index (κ1) is 29.8. The predicted octanol–water partition coefficient (Wildman–Crippen LogP) is 4.97. The molecule has 0 unspecified atom stereocenters. The van der Waals surface area contributed by atoms with Crippen LogP contribution in [0, 0.1) is 0 Å². The molecule has 1 aliphatic rings. The van der Waals surface area contributed by atoms with Crippen molar-refractivity contribution in [3.8, 4) is 5.75 Å². The van der Waals surface area contributed by atoms with Crippen LogP contribution in [-0.4, -0.2) is 50.2 Å². The van der Waals surface area contributed by atoms with Gasteiger partial charge in [-0.15, -0.1) is 0 Å². The van der Waals surface area contributed by atoms with Gasteiger partial charge in [-0.25, -0.2) is 13.4 Å². The Kier molecular flexibility index (Phi) is 7.98. The number of alkyl halides is 3. The molecule has 0 bridgehead atoms. The van der Waals surface area contributed by atoms with Crippen molar-refractivity contribution in [2.45, 2.75) is 56.5 Å². The molecule has 13 heteroatoms. The Bertz CT molecular complexity index is 1450. The zero-order chi connectivity index (χ0) is 29.5. The lowest BCUT2D eigenvalue weighted by Gasteiger charge is -2.32. The summed E-state index contributed by atoms with van der Waals surface area (Å²) < 4.78 is 84.9. The average molecular weight is 577 g/mol. The van der Waals surface area contributed by atoms with E-state index in [1.165, 1.54) is 35.6 Å². The third kappa shape index (κ3) is 6.12. The molecule has 0 radical (unpaired) electrons. The van der Waals surface area contributed by atoms with Gasteiger partial charge >= 0.3 is 13.3 Å². The maximum absolute atomic E-state index is 13.6. The number of nitrogens with zero attached hydrogens (tertiary/aromatic N) is 2. The minimum Gasteiger partial charge on any atom is -0.497 e. The molecule has 1 saturated heterocycles. The van der Waals surface area contributed by atoms with Gasteiger partial charge in [0, 0.05) is 30.9 Å². The number of pyridine rings is 1. The van der Waals surface area contributed by atoms with Crippen molar-refractivity contribution < 1.29 is 35.6 Å². The van der Waals surface area contributed by atoms with Crippen LogP contribution in [0.4, 0.5) is 24.7 Å². The van der Waals surface area contributed by atoms with Crippen LogP contribution in [0.2, 0.25) is 0 Å². The van der Waals surface area contributed by atoms with Crippen molar-refractivity contribution in [1.29, 1.82) is 0 Å². The molecule has 4 rings (SSSR count). The standard InChI is InChI=1S/C27H31BF3N3O5S/c1-25(2)26(3,4)39-28(38-25)22-15-21(40(35,36)34(5)17-18-7-10-20(37-6)11-8-18)12-13-23(22)33-24-14-9-19(16-32-24)27(29,30)31/h7-16H,17H2,1-6H3,(H,32,33). The summed E-state index contributed by atoms with van der Waals surface area (Å²) in [6.45, 7) is 7.57. The molecule has 0 atom stereocenters. The monoisotopic (exact) mass is 577 g/mol. The van der Waals surface area contributed by atoms with Gasteiger partial charge in [-0.1, -0.05) is 12.1 Å². The third-order valence-corrected chi connectivity index (χ3v) is 8.96. The number of benzene rings is 2. The molecule has 1 fully saturated rings. The maximum atomic E-state index is 13.6. The number of aromatic nitrogens is 1. The van der Waals surface area contributed by atoms with Gasteiger partial charge in [0.25, 0.3) is 0 Å². The van der Waals surface area contributed by atoms with Gasteiger partial charge in [-0.05, 0) is 75.7 Å². The van der Waals surface area contributed by atoms with E-state index in [0.29, 0.717) is 16.9 Å². The van der Waals surface area contributed by atoms with Crippen LogP contribution in [0.5, 0.6) is 5.75 Å². The minimum absolute atomic E-state index is 0.000785. The summed E-state index contributed by atoms with van der Waals surface area (Å²) in [4.78, 5) is 3.87. The first-order valence-electron chi connectivity index (χ1n) is 12.4. The van der Waals surface area contributed by atoms with Crippen LogP contribution in [0.1, 0.15) is 38.8 Å². The highest BCUT2D eigenvalue weighted by molar-refractivity contribution is 7.89. The summed E-state index contributed by atoms with van der Waals surface area (Å²) >= 11 is 0. The fraction of sp³-hybridized carbons (Fsp3) is 0.370. The Balaban J connectivity index is 1.68. The Morgan fingerprint density at radius 2 is 1.62 bits per heavy atom. The molecule has 1 aromatic heterocycles. The van der Waals surface area contributed by atoms with E-state index in [1.807, 2.05) is 27.7 Å². The lowest BCUT2D eigenvalue weighted by atomic mass is 9.77. The molecule has 0 aliphatic carbocycles. The van der Waals surface area contributed by atoms with E-state index < -0.39 is 40.1 Å².